The molecule has 0 radical (unpaired) electrons. The highest BCUT2D eigenvalue weighted by molar-refractivity contribution is 6.40. The summed E-state index contributed by atoms with van der Waals surface area (Å²) in [5.74, 6) is 0. The van der Waals surface area contributed by atoms with Crippen LogP contribution < -0.4 is 10.2 Å². The number of anilines is 2. The topological polar surface area (TPSA) is 44.7 Å². The minimum absolute atomic E-state index is 0.269. The Morgan fingerprint density at radius 2 is 1.67 bits per heavy atom. The smallest absolute Gasteiger partial charge is 0.326 e. The monoisotopic (exact) mass is 497 g/mol. The van der Waals surface area contributed by atoms with Crippen molar-refractivity contribution >= 4 is 57.9 Å². The molecule has 0 bridgehead atoms. The van der Waals surface area contributed by atoms with Crippen LogP contribution in [0.3, 0.4) is 0 Å². The predicted molar refractivity (Wildman–Crippen MR) is 138 cm³/mol. The lowest BCUT2D eigenvalue weighted by molar-refractivity contribution is 0.247. The third-order valence-corrected chi connectivity index (χ3v) is 7.03. The van der Waals surface area contributed by atoms with E-state index in [1.165, 1.54) is 5.71 Å². The summed E-state index contributed by atoms with van der Waals surface area (Å²) in [6.45, 7) is 1.26. The molecule has 3 aromatic rings. The van der Waals surface area contributed by atoms with Crippen molar-refractivity contribution in [2.75, 3.05) is 11.4 Å². The predicted octanol–water partition coefficient (Wildman–Crippen LogP) is 7.84. The highest BCUT2D eigenvalue weighted by Crippen LogP contribution is 2.44. The molecule has 33 heavy (non-hydrogen) atoms. The van der Waals surface area contributed by atoms with Gasteiger partial charge in [-0.25, -0.2) is 4.79 Å². The summed E-state index contributed by atoms with van der Waals surface area (Å²) in [6, 6.07) is 17.0. The number of urea groups is 1. The Balaban J connectivity index is 1.73. The van der Waals surface area contributed by atoms with Gasteiger partial charge >= 0.3 is 6.03 Å². The number of aliphatic imine (C=N–C) groups is 1. The van der Waals surface area contributed by atoms with Gasteiger partial charge in [0.1, 0.15) is 0 Å². The molecule has 5 rings (SSSR count). The van der Waals surface area contributed by atoms with Crippen molar-refractivity contribution in [1.29, 1.82) is 0 Å². The van der Waals surface area contributed by atoms with E-state index in [-0.39, 0.29) is 6.03 Å². The molecule has 1 N–H and O–H groups in total. The molecule has 4 nitrogen and oxygen atoms in total. The molecule has 0 aliphatic carbocycles. The summed E-state index contributed by atoms with van der Waals surface area (Å²) in [5, 5.41) is 4.45. The van der Waals surface area contributed by atoms with Crippen LogP contribution in [0, 0.1) is 0 Å². The van der Waals surface area contributed by atoms with Gasteiger partial charge < -0.3 is 5.32 Å². The van der Waals surface area contributed by atoms with Gasteiger partial charge in [0.2, 0.25) is 0 Å². The quantitative estimate of drug-likeness (QED) is 0.391. The van der Waals surface area contributed by atoms with E-state index in [4.69, 9.17) is 39.8 Å². The summed E-state index contributed by atoms with van der Waals surface area (Å²) < 4.78 is 0. The van der Waals surface area contributed by atoms with Gasteiger partial charge in [0.05, 0.1) is 21.4 Å². The second-order valence-electron chi connectivity index (χ2n) is 8.27. The van der Waals surface area contributed by atoms with Crippen LogP contribution in [0.15, 0.2) is 59.6 Å². The zero-order valence-electron chi connectivity index (χ0n) is 17.9. The molecule has 2 aliphatic rings. The molecule has 0 saturated heterocycles. The maximum atomic E-state index is 13.1. The van der Waals surface area contributed by atoms with E-state index in [1.807, 2.05) is 24.3 Å². The fourth-order valence-electron chi connectivity index (χ4n) is 4.54. The van der Waals surface area contributed by atoms with Crippen molar-refractivity contribution in [3.63, 3.8) is 0 Å². The number of fused-ring (bicyclic) bond motifs is 1. The summed E-state index contributed by atoms with van der Waals surface area (Å²) in [5.41, 5.74) is 6.37. The minimum atomic E-state index is -0.269. The van der Waals surface area contributed by atoms with E-state index in [2.05, 4.69) is 17.4 Å². The molecule has 168 valence electrons. The normalized spacial score (nSPS) is 15.7. The maximum Gasteiger partial charge on any atom is 0.326 e. The molecule has 0 aromatic heterocycles. The lowest BCUT2D eigenvalue weighted by Crippen LogP contribution is -2.41. The molecular formula is C26H22Cl3N3O. The van der Waals surface area contributed by atoms with Crippen LogP contribution in [-0.4, -0.2) is 18.3 Å². The Morgan fingerprint density at radius 1 is 0.909 bits per heavy atom. The standard InChI is InChI=1S/C26H22Cl3N3O/c27-21-8-2-1-7-18(21)19-13-16(12-17-6-3-4-11-30-17)14-24-20(19)15-31-26(33)32(24)25-22(28)9-5-10-23(25)29/h1-2,5,7-10,13-14H,3-4,6,11-12,15H2,(H,31,33). The van der Waals surface area contributed by atoms with Crippen molar-refractivity contribution in [3.8, 4) is 11.1 Å². The molecule has 2 heterocycles. The molecule has 0 unspecified atom stereocenters. The van der Waals surface area contributed by atoms with Gasteiger partial charge in [0.15, 0.2) is 0 Å². The summed E-state index contributed by atoms with van der Waals surface area (Å²) in [7, 11) is 0. The number of carbonyl (C=O) groups is 1. The van der Waals surface area contributed by atoms with Crippen LogP contribution in [-0.2, 0) is 13.0 Å². The van der Waals surface area contributed by atoms with Crippen LogP contribution in [0.5, 0.6) is 0 Å². The first-order valence-corrected chi connectivity index (χ1v) is 12.1. The molecule has 0 saturated carbocycles. The van der Waals surface area contributed by atoms with Crippen LogP contribution in [0.25, 0.3) is 11.1 Å². The summed E-state index contributed by atoms with van der Waals surface area (Å²) in [4.78, 5) is 19.4. The lowest BCUT2D eigenvalue weighted by Gasteiger charge is -2.33. The lowest BCUT2D eigenvalue weighted by atomic mass is 9.91. The number of benzene rings is 3. The average molecular weight is 499 g/mol. The van der Waals surface area contributed by atoms with Gasteiger partial charge in [0.25, 0.3) is 0 Å². The van der Waals surface area contributed by atoms with Crippen molar-refractivity contribution in [3.05, 3.63) is 80.8 Å². The van der Waals surface area contributed by atoms with Gasteiger partial charge in [0, 0.05) is 41.4 Å². The Bertz CT molecular complexity index is 1250. The number of carbonyl (C=O) groups excluding carboxylic acids is 1. The van der Waals surface area contributed by atoms with Crippen molar-refractivity contribution in [2.45, 2.75) is 32.2 Å². The SMILES string of the molecule is O=C1NCc2c(-c3ccccc3Cl)cc(CC3=NCCCC3)cc2N1c1c(Cl)cccc1Cl. The average Bonchev–Trinajstić information content (AvgIpc) is 2.81. The molecule has 3 aromatic carbocycles. The molecule has 2 amide bonds. The summed E-state index contributed by atoms with van der Waals surface area (Å²) in [6.07, 6.45) is 4.03. The molecule has 2 aliphatic heterocycles. The van der Waals surface area contributed by atoms with Gasteiger partial charge in [-0.05, 0) is 54.7 Å². The number of rotatable bonds is 4. The number of nitrogens with zero attached hydrogens (tertiary/aromatic N) is 2. The molecule has 0 spiro atoms. The number of hydrogen-bond acceptors (Lipinski definition) is 2. The fourth-order valence-corrected chi connectivity index (χ4v) is 5.34. The largest absolute Gasteiger partial charge is 0.333 e. The fraction of sp³-hybridized carbons (Fsp3) is 0.231. The van der Waals surface area contributed by atoms with Crippen molar-refractivity contribution < 1.29 is 4.79 Å². The number of nitrogens with one attached hydrogen (secondary N) is 1. The maximum absolute atomic E-state index is 13.1. The number of halogens is 3. The van der Waals surface area contributed by atoms with E-state index >= 15 is 0 Å². The first-order valence-electron chi connectivity index (χ1n) is 11.0. The van der Waals surface area contributed by atoms with E-state index in [0.29, 0.717) is 27.3 Å². The first-order chi connectivity index (χ1) is 16.0. The van der Waals surface area contributed by atoms with Gasteiger partial charge in [-0.1, -0.05) is 65.1 Å². The first kappa shape index (κ1) is 22.3. The molecule has 0 fully saturated rings. The second kappa shape index (κ2) is 9.38. The van der Waals surface area contributed by atoms with Gasteiger partial charge in [-0.15, -0.1) is 0 Å². The van der Waals surface area contributed by atoms with E-state index in [0.717, 1.165) is 60.2 Å². The highest BCUT2D eigenvalue weighted by Gasteiger charge is 2.31. The Hall–Kier alpha value is -2.53. The minimum Gasteiger partial charge on any atom is -0.333 e. The highest BCUT2D eigenvalue weighted by atomic mass is 35.5. The number of hydrogen-bond donors (Lipinski definition) is 1. The van der Waals surface area contributed by atoms with Gasteiger partial charge in [-0.2, -0.15) is 0 Å². The molecule has 0 atom stereocenters. The Morgan fingerprint density at radius 3 is 2.39 bits per heavy atom. The van der Waals surface area contributed by atoms with Crippen LogP contribution in [0.2, 0.25) is 15.1 Å². The Labute approximate surface area is 208 Å². The zero-order chi connectivity index (χ0) is 22.9. The third kappa shape index (κ3) is 4.35. The molecule has 7 heteroatoms. The summed E-state index contributed by atoms with van der Waals surface area (Å²) >= 11 is 19.7. The second-order valence-corrected chi connectivity index (χ2v) is 9.49. The molecular weight excluding hydrogens is 477 g/mol. The van der Waals surface area contributed by atoms with Crippen LogP contribution in [0.1, 0.15) is 30.4 Å². The van der Waals surface area contributed by atoms with Gasteiger partial charge in [-0.3, -0.25) is 9.89 Å². The van der Waals surface area contributed by atoms with Crippen molar-refractivity contribution in [2.24, 2.45) is 4.99 Å². The third-order valence-electron chi connectivity index (χ3n) is 6.09. The van der Waals surface area contributed by atoms with Crippen molar-refractivity contribution in [1.82, 2.24) is 5.32 Å². The van der Waals surface area contributed by atoms with Crippen LogP contribution >= 0.6 is 34.8 Å². The van der Waals surface area contributed by atoms with E-state index < -0.39 is 0 Å². The van der Waals surface area contributed by atoms with E-state index in [1.54, 1.807) is 23.1 Å². The Kier molecular flexibility index (Phi) is 6.33. The number of para-hydroxylation sites is 1. The number of amides is 2. The van der Waals surface area contributed by atoms with Crippen LogP contribution in [0.4, 0.5) is 16.2 Å². The van der Waals surface area contributed by atoms with E-state index in [9.17, 15) is 4.79 Å². The zero-order valence-corrected chi connectivity index (χ0v) is 20.1.